The van der Waals surface area contributed by atoms with E-state index in [1.165, 1.54) is 19.4 Å². The first kappa shape index (κ1) is 8.62. The van der Waals surface area contributed by atoms with Crippen LogP contribution < -0.4 is 0 Å². The number of phenolic OH excluding ortho intramolecular Hbond substituents is 1. The molecule has 14 heavy (non-hydrogen) atoms. The monoisotopic (exact) mass is 192 g/mol. The van der Waals surface area contributed by atoms with Gasteiger partial charge < -0.3 is 14.3 Å². The molecular formula is C10H8O4. The molecule has 0 bridgehead atoms. The number of phenols is 1. The quantitative estimate of drug-likeness (QED) is 0.701. The number of fused-ring (bicyclic) bond motifs is 1. The fourth-order valence-electron chi connectivity index (χ4n) is 1.30. The summed E-state index contributed by atoms with van der Waals surface area (Å²) in [5.74, 6) is -0.545. The highest BCUT2D eigenvalue weighted by Gasteiger charge is 2.11. The van der Waals surface area contributed by atoms with E-state index in [0.29, 0.717) is 16.5 Å². The van der Waals surface area contributed by atoms with Gasteiger partial charge in [-0.1, -0.05) is 0 Å². The summed E-state index contributed by atoms with van der Waals surface area (Å²) in [6.45, 7) is 0. The molecule has 0 fully saturated rings. The number of benzene rings is 1. The molecule has 0 saturated carbocycles. The summed E-state index contributed by atoms with van der Waals surface area (Å²) in [7, 11) is 1.29. The molecule has 0 radical (unpaired) electrons. The number of hydrogen-bond donors (Lipinski definition) is 1. The third-order valence-electron chi connectivity index (χ3n) is 1.95. The molecule has 0 unspecified atom stereocenters. The molecule has 1 aromatic carbocycles. The number of ether oxygens (including phenoxy) is 1. The Morgan fingerprint density at radius 2 is 2.29 bits per heavy atom. The van der Waals surface area contributed by atoms with Gasteiger partial charge in [0.05, 0.1) is 18.9 Å². The Hall–Kier alpha value is -1.97. The second-order valence-electron chi connectivity index (χ2n) is 2.83. The molecule has 72 valence electrons. The maximum atomic E-state index is 11.2. The van der Waals surface area contributed by atoms with Crippen LogP contribution in [0.4, 0.5) is 0 Å². The lowest BCUT2D eigenvalue weighted by atomic mass is 10.1. The molecule has 0 aliphatic rings. The normalized spacial score (nSPS) is 10.4. The molecule has 0 saturated heterocycles. The smallest absolute Gasteiger partial charge is 0.338 e. The molecule has 0 aliphatic heterocycles. The van der Waals surface area contributed by atoms with Gasteiger partial charge in [0.2, 0.25) is 0 Å². The highest BCUT2D eigenvalue weighted by Crippen LogP contribution is 2.27. The van der Waals surface area contributed by atoms with Crippen molar-refractivity contribution in [2.24, 2.45) is 0 Å². The second-order valence-corrected chi connectivity index (χ2v) is 2.83. The lowest BCUT2D eigenvalue weighted by Gasteiger charge is -2.00. The van der Waals surface area contributed by atoms with Crippen molar-refractivity contribution in [2.75, 3.05) is 7.11 Å². The molecular weight excluding hydrogens is 184 g/mol. The number of hydrogen-bond acceptors (Lipinski definition) is 4. The Morgan fingerprint density at radius 3 is 3.00 bits per heavy atom. The number of carbonyl (C=O) groups is 1. The summed E-state index contributed by atoms with van der Waals surface area (Å²) in [5, 5.41) is 10.2. The van der Waals surface area contributed by atoms with Crippen LogP contribution in [-0.4, -0.2) is 18.2 Å². The van der Waals surface area contributed by atoms with Gasteiger partial charge in [-0.15, -0.1) is 0 Å². The van der Waals surface area contributed by atoms with Crippen molar-refractivity contribution in [3.8, 4) is 5.75 Å². The van der Waals surface area contributed by atoms with Crippen LogP contribution in [0.5, 0.6) is 5.75 Å². The molecule has 0 atom stereocenters. The minimum atomic E-state index is -0.483. The van der Waals surface area contributed by atoms with Gasteiger partial charge in [-0.05, 0) is 18.2 Å². The molecule has 0 amide bonds. The zero-order valence-electron chi connectivity index (χ0n) is 7.48. The van der Waals surface area contributed by atoms with Gasteiger partial charge in [0, 0.05) is 5.39 Å². The van der Waals surface area contributed by atoms with E-state index in [1.54, 1.807) is 12.1 Å². The highest BCUT2D eigenvalue weighted by molar-refractivity contribution is 5.96. The van der Waals surface area contributed by atoms with Crippen LogP contribution in [0, 0.1) is 0 Å². The molecule has 1 aromatic heterocycles. The molecule has 1 heterocycles. The van der Waals surface area contributed by atoms with E-state index in [2.05, 4.69) is 4.74 Å². The molecule has 2 rings (SSSR count). The van der Waals surface area contributed by atoms with Crippen LogP contribution in [0.3, 0.4) is 0 Å². The lowest BCUT2D eigenvalue weighted by Crippen LogP contribution is -2.00. The topological polar surface area (TPSA) is 59.7 Å². The fourth-order valence-corrected chi connectivity index (χ4v) is 1.30. The Morgan fingerprint density at radius 1 is 1.50 bits per heavy atom. The van der Waals surface area contributed by atoms with Gasteiger partial charge >= 0.3 is 5.97 Å². The SMILES string of the molecule is COC(=O)c1cc(O)c2occc2c1. The summed E-state index contributed by atoms with van der Waals surface area (Å²) in [5.41, 5.74) is 0.677. The van der Waals surface area contributed by atoms with Crippen LogP contribution in [0.2, 0.25) is 0 Å². The van der Waals surface area contributed by atoms with E-state index in [4.69, 9.17) is 4.42 Å². The van der Waals surface area contributed by atoms with Crippen molar-refractivity contribution in [3.63, 3.8) is 0 Å². The third kappa shape index (κ3) is 1.21. The fraction of sp³-hybridized carbons (Fsp3) is 0.100. The number of rotatable bonds is 1. The van der Waals surface area contributed by atoms with E-state index in [0.717, 1.165) is 0 Å². The minimum absolute atomic E-state index is 0.0621. The molecule has 4 nitrogen and oxygen atoms in total. The third-order valence-corrected chi connectivity index (χ3v) is 1.95. The molecule has 2 aromatic rings. The molecule has 0 aliphatic carbocycles. The number of esters is 1. The van der Waals surface area contributed by atoms with Gasteiger partial charge in [-0.2, -0.15) is 0 Å². The molecule has 1 N–H and O–H groups in total. The Bertz CT molecular complexity index is 484. The summed E-state index contributed by atoms with van der Waals surface area (Å²) in [6.07, 6.45) is 1.45. The zero-order chi connectivity index (χ0) is 10.1. The second kappa shape index (κ2) is 3.06. The van der Waals surface area contributed by atoms with E-state index >= 15 is 0 Å². The van der Waals surface area contributed by atoms with E-state index in [9.17, 15) is 9.90 Å². The molecule has 4 heteroatoms. The van der Waals surface area contributed by atoms with Crippen LogP contribution in [0.15, 0.2) is 28.9 Å². The summed E-state index contributed by atoms with van der Waals surface area (Å²) >= 11 is 0. The van der Waals surface area contributed by atoms with E-state index in [-0.39, 0.29) is 5.75 Å². The number of furan rings is 1. The number of carbonyl (C=O) groups excluding carboxylic acids is 1. The van der Waals surface area contributed by atoms with E-state index in [1.807, 2.05) is 0 Å². The Balaban J connectivity index is 2.64. The molecule has 0 spiro atoms. The predicted molar refractivity (Wildman–Crippen MR) is 49.2 cm³/mol. The average Bonchev–Trinajstić information content (AvgIpc) is 2.64. The maximum absolute atomic E-state index is 11.2. The van der Waals surface area contributed by atoms with Crippen molar-refractivity contribution in [1.29, 1.82) is 0 Å². The standard InChI is InChI=1S/C10H8O4/c1-13-10(12)7-4-6-2-3-14-9(6)8(11)5-7/h2-5,11H,1H3. The predicted octanol–water partition coefficient (Wildman–Crippen LogP) is 1.92. The van der Waals surface area contributed by atoms with Gasteiger partial charge in [0.25, 0.3) is 0 Å². The minimum Gasteiger partial charge on any atom is -0.504 e. The highest BCUT2D eigenvalue weighted by atomic mass is 16.5. The lowest BCUT2D eigenvalue weighted by molar-refractivity contribution is 0.0600. The summed E-state index contributed by atoms with van der Waals surface area (Å²) in [6, 6.07) is 4.59. The Kier molecular flexibility index (Phi) is 1.89. The summed E-state index contributed by atoms with van der Waals surface area (Å²) in [4.78, 5) is 11.2. The number of aromatic hydroxyl groups is 1. The van der Waals surface area contributed by atoms with E-state index < -0.39 is 5.97 Å². The zero-order valence-corrected chi connectivity index (χ0v) is 7.48. The van der Waals surface area contributed by atoms with Crippen LogP contribution in [0.1, 0.15) is 10.4 Å². The van der Waals surface area contributed by atoms with Crippen molar-refractivity contribution in [3.05, 3.63) is 30.0 Å². The van der Waals surface area contributed by atoms with Gasteiger partial charge in [0.1, 0.15) is 0 Å². The first-order chi connectivity index (χ1) is 6.72. The average molecular weight is 192 g/mol. The van der Waals surface area contributed by atoms with Crippen molar-refractivity contribution < 1.29 is 19.1 Å². The first-order valence-electron chi connectivity index (χ1n) is 4.01. The van der Waals surface area contributed by atoms with Crippen molar-refractivity contribution in [1.82, 2.24) is 0 Å². The van der Waals surface area contributed by atoms with Gasteiger partial charge in [-0.25, -0.2) is 4.79 Å². The van der Waals surface area contributed by atoms with Gasteiger partial charge in [-0.3, -0.25) is 0 Å². The van der Waals surface area contributed by atoms with Crippen molar-refractivity contribution in [2.45, 2.75) is 0 Å². The van der Waals surface area contributed by atoms with Crippen LogP contribution >= 0.6 is 0 Å². The van der Waals surface area contributed by atoms with Crippen LogP contribution in [0.25, 0.3) is 11.0 Å². The Labute approximate surface area is 79.7 Å². The summed E-state index contributed by atoms with van der Waals surface area (Å²) < 4.78 is 9.55. The largest absolute Gasteiger partial charge is 0.504 e. The number of methoxy groups -OCH3 is 1. The maximum Gasteiger partial charge on any atom is 0.338 e. The van der Waals surface area contributed by atoms with Crippen LogP contribution in [-0.2, 0) is 4.74 Å². The first-order valence-corrected chi connectivity index (χ1v) is 4.01. The van der Waals surface area contributed by atoms with Gasteiger partial charge in [0.15, 0.2) is 11.3 Å². The van der Waals surface area contributed by atoms with Crippen molar-refractivity contribution >= 4 is 16.9 Å².